The van der Waals surface area contributed by atoms with E-state index in [2.05, 4.69) is 15.6 Å². The molecule has 1 saturated heterocycles. The summed E-state index contributed by atoms with van der Waals surface area (Å²) in [6.07, 6.45) is 4.67. The Labute approximate surface area is 313 Å². The Morgan fingerprint density at radius 2 is 1.77 bits per heavy atom. The highest BCUT2D eigenvalue weighted by Crippen LogP contribution is 2.33. The van der Waals surface area contributed by atoms with Gasteiger partial charge in [-0.2, -0.15) is 0 Å². The van der Waals surface area contributed by atoms with E-state index in [9.17, 15) is 19.2 Å². The molecule has 1 aliphatic carbocycles. The van der Waals surface area contributed by atoms with Gasteiger partial charge in [0, 0.05) is 39.4 Å². The molecule has 4 N–H and O–H groups in total. The third-order valence-electron chi connectivity index (χ3n) is 11.1. The summed E-state index contributed by atoms with van der Waals surface area (Å²) in [5, 5.41) is 8.86. The summed E-state index contributed by atoms with van der Waals surface area (Å²) in [6, 6.07) is 8.19. The van der Waals surface area contributed by atoms with Gasteiger partial charge in [0.15, 0.2) is 0 Å². The lowest BCUT2D eigenvalue weighted by Crippen LogP contribution is -2.59. The first-order valence-electron chi connectivity index (χ1n) is 18.7. The quantitative estimate of drug-likeness (QED) is 0.195. The predicted molar refractivity (Wildman–Crippen MR) is 202 cm³/mol. The minimum absolute atomic E-state index is 0.00835. The Morgan fingerprint density at radius 1 is 1.08 bits per heavy atom. The summed E-state index contributed by atoms with van der Waals surface area (Å²) in [5.74, 6) is -1.56. The maximum Gasteiger partial charge on any atom is 0.245 e. The van der Waals surface area contributed by atoms with E-state index < -0.39 is 35.7 Å². The minimum atomic E-state index is -0.904. The van der Waals surface area contributed by atoms with Crippen LogP contribution in [0, 0.1) is 17.8 Å². The molecule has 8 atom stereocenters. The number of ether oxygens (including phenoxy) is 2. The van der Waals surface area contributed by atoms with Crippen LogP contribution in [0.4, 0.5) is 0 Å². The third kappa shape index (κ3) is 9.97. The standard InChI is InChI=1S/C39H60N6O6S/c1-9-25(4)33(44(6)37(48)32(24(2)3)43-38(49)39(40)17-18-39)30(50-7)23-31(46)45-20-13-16-29(45)34(51-8)26(5)35(47)42-28(36-41-19-21-52-36)22-27-14-11-10-12-15-27/h10-12,14-15,19,21,24-26,28-30,32-34H,9,13,16-18,20,22-23,40H2,1-8H3,(H,42,47)(H,43,49)/t25-,26+,28-,29-,30+,32-,33-,34+/m0/s1. The van der Waals surface area contributed by atoms with Crippen molar-refractivity contribution in [3.63, 3.8) is 0 Å². The SMILES string of the molecule is CC[C@H](C)[C@@H]([C@@H](CC(=O)N1CCC[C@H]1[C@H](OC)[C@@H](C)C(=O)N[C@@H](Cc1ccccc1)c1nccs1)OC)N(C)C(=O)[C@@H](NC(=O)C1(N)CC1)C(C)C. The summed E-state index contributed by atoms with van der Waals surface area (Å²) in [6.45, 7) is 10.3. The fourth-order valence-corrected chi connectivity index (χ4v) is 8.13. The second-order valence-electron chi connectivity index (χ2n) is 15.1. The number of nitrogens with two attached hydrogens (primary N) is 1. The van der Waals surface area contributed by atoms with Crippen LogP contribution < -0.4 is 16.4 Å². The molecular formula is C39H60N6O6S. The molecular weight excluding hydrogens is 681 g/mol. The normalized spacial score (nSPS) is 20.7. The van der Waals surface area contributed by atoms with Crippen molar-refractivity contribution in [2.75, 3.05) is 27.8 Å². The zero-order chi connectivity index (χ0) is 38.2. The van der Waals surface area contributed by atoms with Crippen molar-refractivity contribution < 1.29 is 28.7 Å². The van der Waals surface area contributed by atoms with Crippen LogP contribution in [-0.2, 0) is 35.1 Å². The third-order valence-corrected chi connectivity index (χ3v) is 12.0. The van der Waals surface area contributed by atoms with Gasteiger partial charge >= 0.3 is 0 Å². The van der Waals surface area contributed by atoms with Gasteiger partial charge in [-0.25, -0.2) is 4.98 Å². The molecule has 12 nitrogen and oxygen atoms in total. The number of likely N-dealkylation sites (tertiary alicyclic amines) is 1. The molecule has 2 fully saturated rings. The highest BCUT2D eigenvalue weighted by molar-refractivity contribution is 7.09. The number of thiazole rings is 1. The van der Waals surface area contributed by atoms with Crippen molar-refractivity contribution in [3.05, 3.63) is 52.5 Å². The first-order valence-corrected chi connectivity index (χ1v) is 19.6. The molecule has 52 heavy (non-hydrogen) atoms. The number of hydrogen-bond acceptors (Lipinski definition) is 9. The number of nitrogens with zero attached hydrogens (tertiary/aromatic N) is 3. The van der Waals surface area contributed by atoms with Crippen LogP contribution in [0.15, 0.2) is 41.9 Å². The molecule has 1 saturated carbocycles. The molecule has 1 aromatic carbocycles. The second kappa shape index (κ2) is 18.6. The first kappa shape index (κ1) is 41.4. The van der Waals surface area contributed by atoms with Crippen molar-refractivity contribution >= 4 is 35.0 Å². The van der Waals surface area contributed by atoms with Gasteiger partial charge in [-0.15, -0.1) is 11.3 Å². The fourth-order valence-electron chi connectivity index (χ4n) is 7.45. The van der Waals surface area contributed by atoms with Crippen LogP contribution in [0.5, 0.6) is 0 Å². The lowest BCUT2D eigenvalue weighted by molar-refractivity contribution is -0.147. The Kier molecular flexibility index (Phi) is 14.8. The largest absolute Gasteiger partial charge is 0.379 e. The van der Waals surface area contributed by atoms with Crippen LogP contribution >= 0.6 is 11.3 Å². The number of rotatable bonds is 19. The average Bonchev–Trinajstić information content (AvgIpc) is 3.48. The van der Waals surface area contributed by atoms with Crippen LogP contribution in [0.25, 0.3) is 0 Å². The van der Waals surface area contributed by atoms with E-state index in [1.165, 1.54) is 11.3 Å². The Bertz CT molecular complexity index is 1470. The van der Waals surface area contributed by atoms with Crippen LogP contribution in [0.3, 0.4) is 0 Å². The number of amides is 4. The van der Waals surface area contributed by atoms with E-state index >= 15 is 0 Å². The first-order chi connectivity index (χ1) is 24.8. The molecule has 0 bridgehead atoms. The Hall–Kier alpha value is -3.39. The monoisotopic (exact) mass is 740 g/mol. The number of hydrogen-bond donors (Lipinski definition) is 3. The van der Waals surface area contributed by atoms with E-state index in [0.717, 1.165) is 23.4 Å². The summed E-state index contributed by atoms with van der Waals surface area (Å²) in [4.78, 5) is 62.9. The Balaban J connectivity index is 1.47. The molecule has 4 rings (SSSR count). The van der Waals surface area contributed by atoms with Crippen LogP contribution in [-0.4, -0.2) is 102 Å². The number of likely N-dealkylation sites (N-methyl/N-ethyl adjacent to an activating group) is 1. The maximum absolute atomic E-state index is 14.2. The molecule has 0 spiro atoms. The number of benzene rings is 1. The predicted octanol–water partition coefficient (Wildman–Crippen LogP) is 4.10. The van der Waals surface area contributed by atoms with E-state index in [0.29, 0.717) is 32.2 Å². The zero-order valence-corrected chi connectivity index (χ0v) is 33.0. The van der Waals surface area contributed by atoms with Crippen molar-refractivity contribution in [2.45, 2.75) is 121 Å². The van der Waals surface area contributed by atoms with Gasteiger partial charge in [-0.1, -0.05) is 71.4 Å². The van der Waals surface area contributed by atoms with Crippen LogP contribution in [0.1, 0.15) is 89.8 Å². The van der Waals surface area contributed by atoms with Crippen LogP contribution in [0.2, 0.25) is 0 Å². The number of carbonyl (C=O) groups is 4. The van der Waals surface area contributed by atoms with Crippen molar-refractivity contribution in [1.82, 2.24) is 25.4 Å². The summed E-state index contributed by atoms with van der Waals surface area (Å²) < 4.78 is 12.0. The number of aromatic nitrogens is 1. The molecule has 2 heterocycles. The highest BCUT2D eigenvalue weighted by atomic mass is 32.1. The molecule has 0 radical (unpaired) electrons. The zero-order valence-electron chi connectivity index (χ0n) is 32.2. The molecule has 13 heteroatoms. The molecule has 1 aliphatic heterocycles. The van der Waals surface area contributed by atoms with Gasteiger partial charge in [-0.3, -0.25) is 19.2 Å². The number of nitrogens with one attached hydrogen (secondary N) is 2. The average molecular weight is 741 g/mol. The highest BCUT2D eigenvalue weighted by Gasteiger charge is 2.48. The maximum atomic E-state index is 14.2. The van der Waals surface area contributed by atoms with Gasteiger partial charge in [0.05, 0.1) is 48.2 Å². The van der Waals surface area contributed by atoms with Gasteiger partial charge in [0.1, 0.15) is 11.0 Å². The molecule has 1 aromatic heterocycles. The lowest BCUT2D eigenvalue weighted by Gasteiger charge is -2.41. The van der Waals surface area contributed by atoms with E-state index in [1.54, 1.807) is 32.4 Å². The van der Waals surface area contributed by atoms with Gasteiger partial charge in [-0.05, 0) is 49.5 Å². The van der Waals surface area contributed by atoms with Gasteiger partial charge in [0.25, 0.3) is 0 Å². The van der Waals surface area contributed by atoms with E-state index in [-0.39, 0.29) is 54.0 Å². The van der Waals surface area contributed by atoms with Crippen molar-refractivity contribution in [1.29, 1.82) is 0 Å². The fraction of sp³-hybridized carbons (Fsp3) is 0.667. The van der Waals surface area contributed by atoms with E-state index in [1.807, 2.05) is 75.2 Å². The molecule has 4 amide bonds. The van der Waals surface area contributed by atoms with E-state index in [4.69, 9.17) is 15.2 Å². The molecule has 2 aromatic rings. The molecule has 288 valence electrons. The molecule has 0 unspecified atom stereocenters. The van der Waals surface area contributed by atoms with Crippen molar-refractivity contribution in [2.24, 2.45) is 23.5 Å². The number of carbonyl (C=O) groups excluding carboxylic acids is 4. The van der Waals surface area contributed by atoms with Crippen molar-refractivity contribution in [3.8, 4) is 0 Å². The number of methoxy groups -OCH3 is 2. The summed E-state index contributed by atoms with van der Waals surface area (Å²) in [7, 11) is 4.89. The minimum Gasteiger partial charge on any atom is -0.379 e. The lowest BCUT2D eigenvalue weighted by atomic mass is 9.89. The molecule has 2 aliphatic rings. The summed E-state index contributed by atoms with van der Waals surface area (Å²) >= 11 is 1.50. The second-order valence-corrected chi connectivity index (χ2v) is 16.0. The summed E-state index contributed by atoms with van der Waals surface area (Å²) in [5.41, 5.74) is 6.33. The topological polar surface area (TPSA) is 156 Å². The van der Waals surface area contributed by atoms with Gasteiger partial charge in [0.2, 0.25) is 23.6 Å². The van der Waals surface area contributed by atoms with Gasteiger partial charge < -0.3 is 35.6 Å². The Morgan fingerprint density at radius 3 is 2.33 bits per heavy atom. The smallest absolute Gasteiger partial charge is 0.245 e.